The van der Waals surface area contributed by atoms with Gasteiger partial charge < -0.3 is 10.6 Å². The van der Waals surface area contributed by atoms with Crippen LogP contribution in [0.3, 0.4) is 0 Å². The molecule has 1 fully saturated rings. The van der Waals surface area contributed by atoms with Crippen molar-refractivity contribution in [1.29, 1.82) is 0 Å². The van der Waals surface area contributed by atoms with Gasteiger partial charge in [0.25, 0.3) is 5.91 Å². The van der Waals surface area contributed by atoms with E-state index in [1.54, 1.807) is 0 Å². The highest BCUT2D eigenvalue weighted by Gasteiger charge is 2.39. The van der Waals surface area contributed by atoms with Crippen LogP contribution < -0.4 is 10.6 Å². The number of rotatable bonds is 4. The van der Waals surface area contributed by atoms with Gasteiger partial charge in [-0.15, -0.1) is 0 Å². The lowest BCUT2D eigenvalue weighted by molar-refractivity contribution is 0.0958. The van der Waals surface area contributed by atoms with Crippen molar-refractivity contribution in [2.75, 3.05) is 25.0 Å². The fourth-order valence-electron chi connectivity index (χ4n) is 4.95. The van der Waals surface area contributed by atoms with Gasteiger partial charge in [0.2, 0.25) is 0 Å². The number of hydrogen-bond donors (Lipinski definition) is 3. The van der Waals surface area contributed by atoms with Gasteiger partial charge in [-0.3, -0.25) is 14.8 Å². The fraction of sp³-hybridized carbons (Fsp3) is 0.292. The standard InChI is InChI=1S/C24H23FN6O/c25-16-10-18-20-17(6-7-26-24(18)32)21(23-27-13-28-30-23)22(29-19(20)11-16)15-4-2-14(3-5-15)12-31-8-1-9-31/h2-6,10-11,13,21-22,29H,1,7-9,12H2,(H,26,32)(H,27,28,30). The van der Waals surface area contributed by atoms with Crippen molar-refractivity contribution in [2.24, 2.45) is 0 Å². The quantitative estimate of drug-likeness (QED) is 0.592. The van der Waals surface area contributed by atoms with Crippen LogP contribution in [0.25, 0.3) is 5.57 Å². The molecule has 162 valence electrons. The van der Waals surface area contributed by atoms with Gasteiger partial charge in [-0.25, -0.2) is 9.37 Å². The van der Waals surface area contributed by atoms with Crippen LogP contribution in [-0.2, 0) is 6.54 Å². The number of aromatic amines is 1. The summed E-state index contributed by atoms with van der Waals surface area (Å²) in [6.45, 7) is 3.65. The van der Waals surface area contributed by atoms with Crippen LogP contribution in [0.5, 0.6) is 0 Å². The van der Waals surface area contributed by atoms with Crippen LogP contribution in [0.1, 0.15) is 51.3 Å². The molecule has 4 heterocycles. The van der Waals surface area contributed by atoms with Crippen LogP contribution in [0, 0.1) is 5.82 Å². The number of anilines is 1. The first-order valence-corrected chi connectivity index (χ1v) is 10.9. The normalized spacial score (nSPS) is 22.2. The van der Waals surface area contributed by atoms with Gasteiger partial charge in [-0.2, -0.15) is 5.10 Å². The number of nitrogens with one attached hydrogen (secondary N) is 3. The molecule has 1 aromatic heterocycles. The summed E-state index contributed by atoms with van der Waals surface area (Å²) in [5, 5.41) is 13.4. The number of nitrogens with zero attached hydrogens (tertiary/aromatic N) is 3. The van der Waals surface area contributed by atoms with Gasteiger partial charge in [-0.1, -0.05) is 30.3 Å². The molecule has 0 saturated carbocycles. The molecule has 32 heavy (non-hydrogen) atoms. The van der Waals surface area contributed by atoms with Gasteiger partial charge in [0.1, 0.15) is 18.0 Å². The molecule has 2 unspecified atom stereocenters. The molecule has 6 rings (SSSR count). The van der Waals surface area contributed by atoms with E-state index in [0.717, 1.165) is 36.3 Å². The van der Waals surface area contributed by atoms with Crippen molar-refractivity contribution < 1.29 is 9.18 Å². The Morgan fingerprint density at radius 2 is 2.00 bits per heavy atom. The molecule has 0 spiro atoms. The lowest BCUT2D eigenvalue weighted by Crippen LogP contribution is -2.36. The minimum absolute atomic E-state index is 0.192. The van der Waals surface area contributed by atoms with Gasteiger partial charge >= 0.3 is 0 Å². The summed E-state index contributed by atoms with van der Waals surface area (Å²) in [7, 11) is 0. The van der Waals surface area contributed by atoms with Crippen molar-refractivity contribution in [3.63, 3.8) is 0 Å². The van der Waals surface area contributed by atoms with E-state index in [0.29, 0.717) is 23.6 Å². The number of hydrogen-bond acceptors (Lipinski definition) is 5. The molecule has 3 aromatic rings. The highest BCUT2D eigenvalue weighted by Crippen LogP contribution is 2.50. The maximum Gasteiger partial charge on any atom is 0.252 e. The molecule has 1 amide bonds. The SMILES string of the molecule is O=C1NCC=C2c3c(cc(F)cc31)NC(c1ccc(CN3CCC3)cc1)C2c1ncn[nH]1. The predicted octanol–water partition coefficient (Wildman–Crippen LogP) is 3.23. The van der Waals surface area contributed by atoms with E-state index >= 15 is 0 Å². The molecule has 3 aliphatic rings. The van der Waals surface area contributed by atoms with Crippen molar-refractivity contribution in [2.45, 2.75) is 24.9 Å². The van der Waals surface area contributed by atoms with Crippen LogP contribution in [0.2, 0.25) is 0 Å². The number of benzene rings is 2. The summed E-state index contributed by atoms with van der Waals surface area (Å²) in [5.41, 5.74) is 4.97. The van der Waals surface area contributed by atoms with E-state index < -0.39 is 5.82 Å². The topological polar surface area (TPSA) is 85.9 Å². The van der Waals surface area contributed by atoms with Crippen molar-refractivity contribution >= 4 is 17.2 Å². The number of likely N-dealkylation sites (tertiary alicyclic amines) is 1. The number of H-pyrrole nitrogens is 1. The maximum atomic E-state index is 14.4. The molecular weight excluding hydrogens is 407 g/mol. The second-order valence-corrected chi connectivity index (χ2v) is 8.59. The van der Waals surface area contributed by atoms with Gasteiger partial charge in [0, 0.05) is 24.3 Å². The summed E-state index contributed by atoms with van der Waals surface area (Å²) in [6.07, 6.45) is 4.77. The molecule has 8 heteroatoms. The molecule has 2 aromatic carbocycles. The van der Waals surface area contributed by atoms with Gasteiger partial charge in [0.05, 0.1) is 17.5 Å². The second-order valence-electron chi connectivity index (χ2n) is 8.59. The van der Waals surface area contributed by atoms with Crippen LogP contribution in [0.4, 0.5) is 10.1 Å². The first kappa shape index (κ1) is 19.2. The fourth-order valence-corrected chi connectivity index (χ4v) is 4.95. The van der Waals surface area contributed by atoms with E-state index in [1.807, 2.05) is 6.08 Å². The van der Waals surface area contributed by atoms with E-state index in [1.165, 1.54) is 30.4 Å². The molecule has 7 nitrogen and oxygen atoms in total. The van der Waals surface area contributed by atoms with Gasteiger partial charge in [-0.05, 0) is 48.3 Å². The smallest absolute Gasteiger partial charge is 0.252 e. The zero-order valence-corrected chi connectivity index (χ0v) is 17.4. The maximum absolute atomic E-state index is 14.4. The summed E-state index contributed by atoms with van der Waals surface area (Å²) < 4.78 is 14.4. The summed E-state index contributed by atoms with van der Waals surface area (Å²) >= 11 is 0. The third kappa shape index (κ3) is 3.18. The minimum atomic E-state index is -0.440. The van der Waals surface area contributed by atoms with Crippen molar-refractivity contribution in [1.82, 2.24) is 25.4 Å². The number of carbonyl (C=O) groups is 1. The van der Waals surface area contributed by atoms with E-state index in [2.05, 4.69) is 55.0 Å². The molecule has 0 radical (unpaired) electrons. The minimum Gasteiger partial charge on any atom is -0.377 e. The van der Waals surface area contributed by atoms with Crippen molar-refractivity contribution in [3.8, 4) is 0 Å². The van der Waals surface area contributed by atoms with E-state index in [-0.39, 0.29) is 17.9 Å². The number of aromatic nitrogens is 3. The first-order chi connectivity index (χ1) is 15.7. The second kappa shape index (κ2) is 7.56. The van der Waals surface area contributed by atoms with E-state index in [4.69, 9.17) is 0 Å². The molecule has 0 bridgehead atoms. The number of amides is 1. The Bertz CT molecular complexity index is 1200. The molecule has 1 saturated heterocycles. The van der Waals surface area contributed by atoms with Crippen LogP contribution in [0.15, 0.2) is 48.8 Å². The van der Waals surface area contributed by atoms with E-state index in [9.17, 15) is 9.18 Å². The van der Waals surface area contributed by atoms with Crippen LogP contribution >= 0.6 is 0 Å². The largest absolute Gasteiger partial charge is 0.377 e. The number of carbonyl (C=O) groups excluding carboxylic acids is 1. The lowest BCUT2D eigenvalue weighted by Gasteiger charge is -2.36. The summed E-state index contributed by atoms with van der Waals surface area (Å²) in [6, 6.07) is 11.1. The number of halogens is 1. The zero-order valence-electron chi connectivity index (χ0n) is 17.4. The molecule has 3 aliphatic heterocycles. The predicted molar refractivity (Wildman–Crippen MR) is 119 cm³/mol. The Hall–Kier alpha value is -3.52. The third-order valence-corrected chi connectivity index (χ3v) is 6.62. The summed E-state index contributed by atoms with van der Waals surface area (Å²) in [5.74, 6) is -0.222. The Kier molecular flexibility index (Phi) is 4.53. The lowest BCUT2D eigenvalue weighted by atomic mass is 9.77. The highest BCUT2D eigenvalue weighted by atomic mass is 19.1. The molecule has 3 N–H and O–H groups in total. The Morgan fingerprint density at radius 3 is 2.72 bits per heavy atom. The van der Waals surface area contributed by atoms with Gasteiger partial charge in [0.15, 0.2) is 0 Å². The first-order valence-electron chi connectivity index (χ1n) is 10.9. The average molecular weight is 430 g/mol. The molecule has 2 atom stereocenters. The molecule has 0 aliphatic carbocycles. The molecular formula is C24H23FN6O. The van der Waals surface area contributed by atoms with Crippen molar-refractivity contribution in [3.05, 3.63) is 82.7 Å². The third-order valence-electron chi connectivity index (χ3n) is 6.62. The summed E-state index contributed by atoms with van der Waals surface area (Å²) in [4.78, 5) is 19.5. The Morgan fingerprint density at radius 1 is 1.16 bits per heavy atom. The Balaban J connectivity index is 1.45. The van der Waals surface area contributed by atoms with Crippen LogP contribution in [-0.4, -0.2) is 45.6 Å². The highest BCUT2D eigenvalue weighted by molar-refractivity contribution is 6.04. The Labute approximate surface area is 184 Å². The monoisotopic (exact) mass is 430 g/mol. The zero-order chi connectivity index (χ0) is 21.7. The average Bonchev–Trinajstić information content (AvgIpc) is 3.24.